The van der Waals surface area contributed by atoms with E-state index >= 15 is 0 Å². The van der Waals surface area contributed by atoms with Gasteiger partial charge in [-0.25, -0.2) is 0 Å². The molecule has 0 saturated heterocycles. The van der Waals surface area contributed by atoms with Gasteiger partial charge in [0, 0.05) is 5.57 Å². The molecule has 1 aromatic rings. The van der Waals surface area contributed by atoms with Crippen molar-refractivity contribution in [3.05, 3.63) is 46.5 Å². The van der Waals surface area contributed by atoms with Crippen LogP contribution >= 0.6 is 0 Å². The second-order valence-corrected chi connectivity index (χ2v) is 5.55. The molecular formula is C18H21NO. The Morgan fingerprint density at radius 2 is 2.05 bits per heavy atom. The summed E-state index contributed by atoms with van der Waals surface area (Å²) in [6.07, 6.45) is 10.2. The first kappa shape index (κ1) is 13.2. The predicted octanol–water partition coefficient (Wildman–Crippen LogP) is 4.61. The van der Waals surface area contributed by atoms with Crippen molar-refractivity contribution in [2.45, 2.75) is 39.0 Å². The van der Waals surface area contributed by atoms with Crippen LogP contribution in [0.1, 0.15) is 49.3 Å². The van der Waals surface area contributed by atoms with Gasteiger partial charge in [-0.1, -0.05) is 41.1 Å². The molecule has 0 amide bonds. The molecule has 2 heteroatoms. The standard InChI is InChI=1S/C18H21NO/c1-13-7-5-12-17(19-20-2)18(13)16-11-6-9-14-8-3-4-10-15(14)16/h4,6,9-11H,3,5,7-8,12H2,1-2H3/b19-17+. The zero-order chi connectivity index (χ0) is 13.9. The lowest BCUT2D eigenvalue weighted by atomic mass is 9.82. The maximum Gasteiger partial charge on any atom is 0.106 e. The van der Waals surface area contributed by atoms with Crippen molar-refractivity contribution in [3.63, 3.8) is 0 Å². The Morgan fingerprint density at radius 1 is 1.15 bits per heavy atom. The Hall–Kier alpha value is -1.83. The summed E-state index contributed by atoms with van der Waals surface area (Å²) in [6, 6.07) is 6.64. The molecule has 104 valence electrons. The summed E-state index contributed by atoms with van der Waals surface area (Å²) >= 11 is 0. The summed E-state index contributed by atoms with van der Waals surface area (Å²) in [4.78, 5) is 5.06. The van der Waals surface area contributed by atoms with E-state index < -0.39 is 0 Å². The molecule has 3 rings (SSSR count). The normalized spacial score (nSPS) is 20.2. The van der Waals surface area contributed by atoms with Crippen LogP contribution in [-0.2, 0) is 11.3 Å². The van der Waals surface area contributed by atoms with E-state index in [0.29, 0.717) is 0 Å². The molecule has 2 aliphatic rings. The van der Waals surface area contributed by atoms with Crippen LogP contribution in [0.2, 0.25) is 0 Å². The summed E-state index contributed by atoms with van der Waals surface area (Å²) in [5, 5.41) is 4.28. The van der Waals surface area contributed by atoms with Crippen LogP contribution in [0.25, 0.3) is 11.6 Å². The lowest BCUT2D eigenvalue weighted by molar-refractivity contribution is 0.213. The van der Waals surface area contributed by atoms with Crippen molar-refractivity contribution in [1.82, 2.24) is 0 Å². The smallest absolute Gasteiger partial charge is 0.106 e. The topological polar surface area (TPSA) is 21.6 Å². The molecule has 2 nitrogen and oxygen atoms in total. The van der Waals surface area contributed by atoms with Crippen molar-refractivity contribution in [2.24, 2.45) is 5.16 Å². The van der Waals surface area contributed by atoms with E-state index in [0.717, 1.165) is 31.4 Å². The van der Waals surface area contributed by atoms with Crippen LogP contribution in [0.4, 0.5) is 0 Å². The summed E-state index contributed by atoms with van der Waals surface area (Å²) in [5.74, 6) is 0. The van der Waals surface area contributed by atoms with Gasteiger partial charge >= 0.3 is 0 Å². The van der Waals surface area contributed by atoms with Crippen molar-refractivity contribution < 1.29 is 4.84 Å². The van der Waals surface area contributed by atoms with E-state index in [1.165, 1.54) is 34.3 Å². The highest BCUT2D eigenvalue weighted by molar-refractivity contribution is 6.25. The summed E-state index contributed by atoms with van der Waals surface area (Å²) in [6.45, 7) is 2.23. The Balaban J connectivity index is 2.17. The number of nitrogens with zero attached hydrogens (tertiary/aromatic N) is 1. The van der Waals surface area contributed by atoms with Crippen LogP contribution in [0.3, 0.4) is 0 Å². The lowest BCUT2D eigenvalue weighted by Crippen LogP contribution is -2.12. The first-order valence-electron chi connectivity index (χ1n) is 7.40. The van der Waals surface area contributed by atoms with Gasteiger partial charge < -0.3 is 4.84 Å². The van der Waals surface area contributed by atoms with Crippen LogP contribution < -0.4 is 0 Å². The minimum Gasteiger partial charge on any atom is -0.399 e. The first-order chi connectivity index (χ1) is 9.81. The molecule has 0 N–H and O–H groups in total. The molecule has 0 spiro atoms. The third-order valence-corrected chi connectivity index (χ3v) is 4.21. The largest absolute Gasteiger partial charge is 0.399 e. The predicted molar refractivity (Wildman–Crippen MR) is 84.7 cm³/mol. The molecule has 1 aromatic carbocycles. The van der Waals surface area contributed by atoms with Crippen LogP contribution in [0.15, 0.2) is 35.0 Å². The fourth-order valence-electron chi connectivity index (χ4n) is 3.29. The first-order valence-corrected chi connectivity index (χ1v) is 7.40. The molecule has 0 heterocycles. The number of allylic oxidation sites excluding steroid dienone is 3. The van der Waals surface area contributed by atoms with Gasteiger partial charge in [0.15, 0.2) is 0 Å². The number of aryl methyl sites for hydroxylation is 1. The molecule has 0 atom stereocenters. The fourth-order valence-corrected chi connectivity index (χ4v) is 3.29. The third kappa shape index (κ3) is 2.31. The Bertz CT molecular complexity index is 608. The van der Waals surface area contributed by atoms with Crippen LogP contribution in [-0.4, -0.2) is 12.8 Å². The van der Waals surface area contributed by atoms with E-state index in [-0.39, 0.29) is 0 Å². The number of hydrogen-bond acceptors (Lipinski definition) is 2. The SMILES string of the molecule is CO/N=C1\CCCC(C)=C1c1cccc2c1C=CCC2. The average molecular weight is 267 g/mol. The second kappa shape index (κ2) is 5.66. The number of hydrogen-bond donors (Lipinski definition) is 0. The van der Waals surface area contributed by atoms with Gasteiger partial charge in [0.05, 0.1) is 5.71 Å². The second-order valence-electron chi connectivity index (χ2n) is 5.55. The average Bonchev–Trinajstić information content (AvgIpc) is 2.48. The molecular weight excluding hydrogens is 246 g/mol. The molecule has 0 saturated carbocycles. The molecule has 20 heavy (non-hydrogen) atoms. The van der Waals surface area contributed by atoms with E-state index in [2.05, 4.69) is 42.4 Å². The van der Waals surface area contributed by atoms with E-state index in [1.807, 2.05) is 0 Å². The number of rotatable bonds is 2. The molecule has 0 aliphatic heterocycles. The van der Waals surface area contributed by atoms with Gasteiger partial charge in [-0.15, -0.1) is 0 Å². The van der Waals surface area contributed by atoms with E-state index in [4.69, 9.17) is 4.84 Å². The highest BCUT2D eigenvalue weighted by atomic mass is 16.6. The minimum absolute atomic E-state index is 1.01. The van der Waals surface area contributed by atoms with Gasteiger partial charge in [0.25, 0.3) is 0 Å². The van der Waals surface area contributed by atoms with Crippen molar-refractivity contribution in [1.29, 1.82) is 0 Å². The highest BCUT2D eigenvalue weighted by Gasteiger charge is 2.22. The zero-order valence-electron chi connectivity index (χ0n) is 12.3. The van der Waals surface area contributed by atoms with Crippen LogP contribution in [0, 0.1) is 0 Å². The molecule has 2 aliphatic carbocycles. The summed E-state index contributed by atoms with van der Waals surface area (Å²) in [5.41, 5.74) is 7.99. The highest BCUT2D eigenvalue weighted by Crippen LogP contribution is 2.35. The summed E-state index contributed by atoms with van der Waals surface area (Å²) < 4.78 is 0. The minimum atomic E-state index is 1.01. The van der Waals surface area contributed by atoms with Crippen molar-refractivity contribution in [3.8, 4) is 0 Å². The van der Waals surface area contributed by atoms with Gasteiger partial charge in [0.2, 0.25) is 0 Å². The van der Waals surface area contributed by atoms with Gasteiger partial charge in [-0.3, -0.25) is 0 Å². The summed E-state index contributed by atoms with van der Waals surface area (Å²) in [7, 11) is 1.63. The van der Waals surface area contributed by atoms with Gasteiger partial charge in [-0.05, 0) is 55.7 Å². The third-order valence-electron chi connectivity index (χ3n) is 4.21. The Kier molecular flexibility index (Phi) is 3.72. The Morgan fingerprint density at radius 3 is 2.90 bits per heavy atom. The molecule has 0 unspecified atom stereocenters. The van der Waals surface area contributed by atoms with E-state index in [1.54, 1.807) is 7.11 Å². The van der Waals surface area contributed by atoms with Crippen molar-refractivity contribution in [2.75, 3.05) is 7.11 Å². The molecule has 0 fully saturated rings. The van der Waals surface area contributed by atoms with E-state index in [9.17, 15) is 0 Å². The maximum absolute atomic E-state index is 5.06. The zero-order valence-corrected chi connectivity index (χ0v) is 12.3. The Labute approximate surface area is 120 Å². The quantitative estimate of drug-likeness (QED) is 0.717. The number of oxime groups is 1. The monoisotopic (exact) mass is 267 g/mol. The van der Waals surface area contributed by atoms with Crippen molar-refractivity contribution >= 4 is 17.4 Å². The molecule has 0 radical (unpaired) electrons. The van der Waals surface area contributed by atoms with Gasteiger partial charge in [-0.2, -0.15) is 0 Å². The van der Waals surface area contributed by atoms with Crippen LogP contribution in [0.5, 0.6) is 0 Å². The maximum atomic E-state index is 5.06. The fraction of sp³-hybridized carbons (Fsp3) is 0.389. The molecule has 0 aromatic heterocycles. The number of benzene rings is 1. The van der Waals surface area contributed by atoms with Gasteiger partial charge in [0.1, 0.15) is 7.11 Å². The lowest BCUT2D eigenvalue weighted by Gasteiger charge is -2.23. The number of fused-ring (bicyclic) bond motifs is 1. The molecule has 0 bridgehead atoms.